The number of aromatic nitrogens is 2. The van der Waals surface area contributed by atoms with Crippen molar-refractivity contribution >= 4 is 5.91 Å². The number of likely N-dealkylation sites (tertiary alicyclic amines) is 1. The van der Waals surface area contributed by atoms with Crippen LogP contribution in [0.25, 0.3) is 0 Å². The van der Waals surface area contributed by atoms with E-state index in [0.717, 1.165) is 38.1 Å². The maximum absolute atomic E-state index is 12.6. The first-order chi connectivity index (χ1) is 10.3. The van der Waals surface area contributed by atoms with Crippen LogP contribution in [0.1, 0.15) is 59.7 Å². The molecule has 4 rings (SSSR count). The van der Waals surface area contributed by atoms with Crippen molar-refractivity contribution in [2.24, 2.45) is 0 Å². The molecule has 108 valence electrons. The Bertz CT molecular complexity index is 649. The van der Waals surface area contributed by atoms with E-state index in [2.05, 4.69) is 10.1 Å². The van der Waals surface area contributed by atoms with E-state index in [4.69, 9.17) is 4.52 Å². The van der Waals surface area contributed by atoms with Crippen LogP contribution < -0.4 is 0 Å². The molecule has 1 atom stereocenters. The van der Waals surface area contributed by atoms with Gasteiger partial charge in [-0.3, -0.25) is 4.79 Å². The minimum atomic E-state index is -0.0716. The van der Waals surface area contributed by atoms with Crippen LogP contribution in [0.2, 0.25) is 0 Å². The molecule has 2 heterocycles. The van der Waals surface area contributed by atoms with Gasteiger partial charge in [-0.1, -0.05) is 23.4 Å². The molecule has 1 unspecified atom stereocenters. The first-order valence-electron chi connectivity index (χ1n) is 7.52. The summed E-state index contributed by atoms with van der Waals surface area (Å²) in [6, 6.07) is 9.31. The molecular weight excluding hydrogens is 266 g/mol. The molecule has 0 N–H and O–H groups in total. The third-order valence-corrected chi connectivity index (χ3v) is 4.22. The number of amides is 1. The third-order valence-electron chi connectivity index (χ3n) is 4.22. The minimum Gasteiger partial charge on any atom is -0.337 e. The molecule has 2 aliphatic rings. The van der Waals surface area contributed by atoms with Gasteiger partial charge in [-0.05, 0) is 37.8 Å². The van der Waals surface area contributed by atoms with E-state index in [9.17, 15) is 4.79 Å². The molecule has 2 fully saturated rings. The Hall–Kier alpha value is -2.17. The lowest BCUT2D eigenvalue weighted by Crippen LogP contribution is -2.30. The molecule has 1 aromatic heterocycles. The van der Waals surface area contributed by atoms with Crippen molar-refractivity contribution < 1.29 is 9.32 Å². The Morgan fingerprint density at radius 1 is 1.19 bits per heavy atom. The lowest BCUT2D eigenvalue weighted by Gasteiger charge is -2.21. The topological polar surface area (TPSA) is 59.2 Å². The number of rotatable bonds is 3. The predicted molar refractivity (Wildman–Crippen MR) is 75.7 cm³/mol. The molecule has 0 bridgehead atoms. The van der Waals surface area contributed by atoms with Crippen LogP contribution in [0.5, 0.6) is 0 Å². The second-order valence-corrected chi connectivity index (χ2v) is 5.79. The number of carbonyl (C=O) groups is 1. The number of hydrogen-bond acceptors (Lipinski definition) is 4. The number of hydrogen-bond donors (Lipinski definition) is 0. The molecule has 2 aromatic rings. The lowest BCUT2D eigenvalue weighted by atomic mass is 10.1. The summed E-state index contributed by atoms with van der Waals surface area (Å²) in [7, 11) is 0. The molecule has 0 radical (unpaired) electrons. The summed E-state index contributed by atoms with van der Waals surface area (Å²) in [6.45, 7) is 0.750. The number of benzene rings is 1. The Kier molecular flexibility index (Phi) is 2.98. The molecule has 1 saturated heterocycles. The Labute approximate surface area is 123 Å². The predicted octanol–water partition coefficient (Wildman–Crippen LogP) is 2.92. The molecule has 1 amide bonds. The highest BCUT2D eigenvalue weighted by Gasteiger charge is 2.36. The smallest absolute Gasteiger partial charge is 0.254 e. The van der Waals surface area contributed by atoms with E-state index >= 15 is 0 Å². The summed E-state index contributed by atoms with van der Waals surface area (Å²) in [5, 5.41) is 4.07. The van der Waals surface area contributed by atoms with Crippen LogP contribution in [0, 0.1) is 0 Å². The SMILES string of the molecule is O=C(c1ccccc1)N1CCCC1c1nc(C2CC2)no1. The normalized spacial score (nSPS) is 21.7. The fourth-order valence-electron chi connectivity index (χ4n) is 2.90. The van der Waals surface area contributed by atoms with E-state index in [1.54, 1.807) is 0 Å². The zero-order valence-corrected chi connectivity index (χ0v) is 11.7. The third kappa shape index (κ3) is 2.33. The van der Waals surface area contributed by atoms with Crippen LogP contribution in [0.15, 0.2) is 34.9 Å². The molecule has 0 spiro atoms. The second-order valence-electron chi connectivity index (χ2n) is 5.79. The van der Waals surface area contributed by atoms with Gasteiger partial charge in [0.15, 0.2) is 5.82 Å². The fraction of sp³-hybridized carbons (Fsp3) is 0.438. The van der Waals surface area contributed by atoms with Gasteiger partial charge in [-0.25, -0.2) is 0 Å². The first-order valence-corrected chi connectivity index (χ1v) is 7.52. The molecule has 1 aliphatic carbocycles. The highest BCUT2D eigenvalue weighted by atomic mass is 16.5. The van der Waals surface area contributed by atoms with Crippen LogP contribution in [-0.4, -0.2) is 27.5 Å². The van der Waals surface area contributed by atoms with Crippen molar-refractivity contribution in [1.82, 2.24) is 15.0 Å². The van der Waals surface area contributed by atoms with E-state index in [1.165, 1.54) is 0 Å². The van der Waals surface area contributed by atoms with E-state index in [1.807, 2.05) is 35.2 Å². The minimum absolute atomic E-state index is 0.0456. The zero-order valence-electron chi connectivity index (χ0n) is 11.7. The summed E-state index contributed by atoms with van der Waals surface area (Å²) in [5.74, 6) is 1.93. The average molecular weight is 283 g/mol. The summed E-state index contributed by atoms with van der Waals surface area (Å²) >= 11 is 0. The van der Waals surface area contributed by atoms with Gasteiger partial charge in [0.1, 0.15) is 6.04 Å². The van der Waals surface area contributed by atoms with E-state index in [0.29, 0.717) is 17.4 Å². The first kappa shape index (κ1) is 12.6. The second kappa shape index (κ2) is 4.98. The van der Waals surface area contributed by atoms with Crippen molar-refractivity contribution in [3.63, 3.8) is 0 Å². The van der Waals surface area contributed by atoms with Gasteiger partial charge >= 0.3 is 0 Å². The van der Waals surface area contributed by atoms with Gasteiger partial charge in [0, 0.05) is 18.0 Å². The summed E-state index contributed by atoms with van der Waals surface area (Å²) in [4.78, 5) is 19.0. The Balaban J connectivity index is 1.58. The van der Waals surface area contributed by atoms with Crippen molar-refractivity contribution in [1.29, 1.82) is 0 Å². The van der Waals surface area contributed by atoms with Gasteiger partial charge in [0.2, 0.25) is 5.89 Å². The summed E-state index contributed by atoms with van der Waals surface area (Å²) in [6.07, 6.45) is 4.17. The molecule has 5 heteroatoms. The van der Waals surface area contributed by atoms with Crippen molar-refractivity contribution in [3.8, 4) is 0 Å². The van der Waals surface area contributed by atoms with E-state index in [-0.39, 0.29) is 11.9 Å². The van der Waals surface area contributed by atoms with E-state index < -0.39 is 0 Å². The van der Waals surface area contributed by atoms with Gasteiger partial charge in [-0.2, -0.15) is 4.98 Å². The number of carbonyl (C=O) groups excluding carboxylic acids is 1. The van der Waals surface area contributed by atoms with Crippen LogP contribution in [0.4, 0.5) is 0 Å². The van der Waals surface area contributed by atoms with Gasteiger partial charge < -0.3 is 9.42 Å². The highest BCUT2D eigenvalue weighted by Crippen LogP contribution is 2.40. The maximum atomic E-state index is 12.6. The van der Waals surface area contributed by atoms with Crippen molar-refractivity contribution in [2.45, 2.75) is 37.6 Å². The number of nitrogens with zero attached hydrogens (tertiary/aromatic N) is 3. The Morgan fingerprint density at radius 2 is 2.00 bits per heavy atom. The fourth-order valence-corrected chi connectivity index (χ4v) is 2.90. The maximum Gasteiger partial charge on any atom is 0.254 e. The van der Waals surface area contributed by atoms with Crippen molar-refractivity contribution in [2.75, 3.05) is 6.54 Å². The standard InChI is InChI=1S/C16H17N3O2/c20-16(12-5-2-1-3-6-12)19-10-4-7-13(19)15-17-14(18-21-15)11-8-9-11/h1-3,5-6,11,13H,4,7-10H2. The van der Waals surface area contributed by atoms with Crippen LogP contribution in [-0.2, 0) is 0 Å². The Morgan fingerprint density at radius 3 is 2.76 bits per heavy atom. The van der Waals surface area contributed by atoms with Gasteiger partial charge in [0.25, 0.3) is 5.91 Å². The average Bonchev–Trinajstić information content (AvgIpc) is 3.07. The molecule has 1 aromatic carbocycles. The van der Waals surface area contributed by atoms with Crippen LogP contribution >= 0.6 is 0 Å². The van der Waals surface area contributed by atoms with Crippen molar-refractivity contribution in [3.05, 3.63) is 47.6 Å². The monoisotopic (exact) mass is 283 g/mol. The molecule has 1 saturated carbocycles. The summed E-state index contributed by atoms with van der Waals surface area (Å²) < 4.78 is 5.41. The van der Waals surface area contributed by atoms with Gasteiger partial charge in [0.05, 0.1) is 0 Å². The highest BCUT2D eigenvalue weighted by molar-refractivity contribution is 5.94. The lowest BCUT2D eigenvalue weighted by molar-refractivity contribution is 0.0710. The van der Waals surface area contributed by atoms with Crippen LogP contribution in [0.3, 0.4) is 0 Å². The molecule has 5 nitrogen and oxygen atoms in total. The largest absolute Gasteiger partial charge is 0.337 e. The molecule has 1 aliphatic heterocycles. The zero-order chi connectivity index (χ0) is 14.2. The van der Waals surface area contributed by atoms with Gasteiger partial charge in [-0.15, -0.1) is 0 Å². The molecule has 21 heavy (non-hydrogen) atoms. The quantitative estimate of drug-likeness (QED) is 0.869. The molecular formula is C16H17N3O2. The summed E-state index contributed by atoms with van der Waals surface area (Å²) in [5.41, 5.74) is 0.714.